The average molecular weight is 364 g/mol. The van der Waals surface area contributed by atoms with E-state index in [2.05, 4.69) is 31.2 Å². The van der Waals surface area contributed by atoms with Gasteiger partial charge in [0.1, 0.15) is 11.4 Å². The van der Waals surface area contributed by atoms with Gasteiger partial charge in [-0.2, -0.15) is 4.98 Å². The predicted octanol–water partition coefficient (Wildman–Crippen LogP) is 4.46. The van der Waals surface area contributed by atoms with Gasteiger partial charge in [-0.1, -0.05) is 28.1 Å². The number of thiophene rings is 1. The summed E-state index contributed by atoms with van der Waals surface area (Å²) < 4.78 is 6.95. The molecule has 0 spiro atoms. The van der Waals surface area contributed by atoms with Crippen molar-refractivity contribution in [3.8, 4) is 5.88 Å². The van der Waals surface area contributed by atoms with Gasteiger partial charge < -0.3 is 10.1 Å². The van der Waals surface area contributed by atoms with Crippen molar-refractivity contribution in [2.75, 3.05) is 11.9 Å². The number of hydrogen-bond acceptors (Lipinski definition) is 5. The lowest BCUT2D eigenvalue weighted by Crippen LogP contribution is -2.04. The molecule has 3 aromatic rings. The minimum Gasteiger partial charge on any atom is -0.472 e. The Hall–Kier alpha value is -1.66. The Labute approximate surface area is 135 Å². The smallest absolute Gasteiger partial charge is 0.227 e. The molecule has 0 aliphatic rings. The van der Waals surface area contributed by atoms with Crippen molar-refractivity contribution in [2.45, 2.75) is 13.5 Å². The van der Waals surface area contributed by atoms with Crippen molar-refractivity contribution in [2.24, 2.45) is 0 Å². The van der Waals surface area contributed by atoms with Crippen molar-refractivity contribution in [1.29, 1.82) is 0 Å². The van der Waals surface area contributed by atoms with E-state index in [1.807, 2.05) is 42.6 Å². The first-order valence-electron chi connectivity index (χ1n) is 6.62. The van der Waals surface area contributed by atoms with Crippen LogP contribution in [0, 0.1) is 0 Å². The number of fused-ring (bicyclic) bond motifs is 1. The highest BCUT2D eigenvalue weighted by Gasteiger charge is 2.10. The van der Waals surface area contributed by atoms with Crippen LogP contribution in [-0.4, -0.2) is 16.5 Å². The number of ether oxygens (including phenoxy) is 1. The second-order valence-corrected chi connectivity index (χ2v) is 6.25. The number of nitrogens with one attached hydrogen (secondary N) is 1. The Morgan fingerprint density at radius 1 is 1.19 bits per heavy atom. The highest BCUT2D eigenvalue weighted by molar-refractivity contribution is 9.10. The summed E-state index contributed by atoms with van der Waals surface area (Å²) in [6, 6.07) is 10.1. The minimum absolute atomic E-state index is 0.487. The van der Waals surface area contributed by atoms with Crippen LogP contribution in [0.1, 0.15) is 12.5 Å². The molecule has 0 saturated carbocycles. The van der Waals surface area contributed by atoms with Gasteiger partial charge in [0, 0.05) is 11.0 Å². The summed E-state index contributed by atoms with van der Waals surface area (Å²) in [5.74, 6) is 1.23. The van der Waals surface area contributed by atoms with Gasteiger partial charge in [0.2, 0.25) is 11.8 Å². The number of rotatable bonds is 5. The normalized spacial score (nSPS) is 10.8. The number of halogens is 1. The molecule has 2 heterocycles. The largest absolute Gasteiger partial charge is 0.472 e. The lowest BCUT2D eigenvalue weighted by molar-refractivity contribution is 0.298. The lowest BCUT2D eigenvalue weighted by Gasteiger charge is -2.09. The van der Waals surface area contributed by atoms with Crippen LogP contribution in [0.2, 0.25) is 0 Å². The Morgan fingerprint density at radius 2 is 2.00 bits per heavy atom. The average Bonchev–Trinajstić information content (AvgIpc) is 2.95. The minimum atomic E-state index is 0.487. The van der Waals surface area contributed by atoms with Gasteiger partial charge in [0.25, 0.3) is 0 Å². The van der Waals surface area contributed by atoms with Gasteiger partial charge in [-0.15, -0.1) is 11.3 Å². The van der Waals surface area contributed by atoms with Gasteiger partial charge >= 0.3 is 0 Å². The zero-order valence-electron chi connectivity index (χ0n) is 11.5. The van der Waals surface area contributed by atoms with E-state index in [4.69, 9.17) is 4.74 Å². The number of hydrogen-bond donors (Lipinski definition) is 1. The van der Waals surface area contributed by atoms with Crippen LogP contribution in [0.25, 0.3) is 10.2 Å². The van der Waals surface area contributed by atoms with Crippen LogP contribution in [0.4, 0.5) is 5.95 Å². The van der Waals surface area contributed by atoms with Gasteiger partial charge in [0.05, 0.1) is 5.39 Å². The van der Waals surface area contributed by atoms with Crippen LogP contribution in [-0.2, 0) is 6.61 Å². The molecule has 21 heavy (non-hydrogen) atoms. The molecular formula is C15H14BrN3OS. The van der Waals surface area contributed by atoms with E-state index >= 15 is 0 Å². The van der Waals surface area contributed by atoms with E-state index in [9.17, 15) is 0 Å². The fourth-order valence-electron chi connectivity index (χ4n) is 1.91. The summed E-state index contributed by atoms with van der Waals surface area (Å²) in [6.07, 6.45) is 0. The first-order valence-corrected chi connectivity index (χ1v) is 8.30. The molecule has 0 radical (unpaired) electrons. The van der Waals surface area contributed by atoms with Crippen LogP contribution in [0.5, 0.6) is 5.88 Å². The van der Waals surface area contributed by atoms with Crippen LogP contribution < -0.4 is 10.1 Å². The Bertz CT molecular complexity index is 742. The summed E-state index contributed by atoms with van der Waals surface area (Å²) >= 11 is 5.02. The van der Waals surface area contributed by atoms with E-state index in [1.54, 1.807) is 11.3 Å². The maximum Gasteiger partial charge on any atom is 0.227 e. The van der Waals surface area contributed by atoms with Crippen molar-refractivity contribution in [3.05, 3.63) is 45.7 Å². The fraction of sp³-hybridized carbons (Fsp3) is 0.200. The first kappa shape index (κ1) is 14.3. The number of aromatic nitrogens is 2. The van der Waals surface area contributed by atoms with Crippen molar-refractivity contribution >= 4 is 43.4 Å². The van der Waals surface area contributed by atoms with Gasteiger partial charge in [0.15, 0.2) is 0 Å². The molecular weight excluding hydrogens is 350 g/mol. The molecule has 2 aromatic heterocycles. The van der Waals surface area contributed by atoms with E-state index < -0.39 is 0 Å². The molecule has 0 aliphatic heterocycles. The topological polar surface area (TPSA) is 47.0 Å². The van der Waals surface area contributed by atoms with Crippen molar-refractivity contribution in [3.63, 3.8) is 0 Å². The zero-order valence-corrected chi connectivity index (χ0v) is 13.9. The molecule has 0 saturated heterocycles. The van der Waals surface area contributed by atoms with E-state index in [-0.39, 0.29) is 0 Å². The molecule has 3 rings (SSSR count). The van der Waals surface area contributed by atoms with Gasteiger partial charge in [-0.05, 0) is 36.1 Å². The second-order valence-electron chi connectivity index (χ2n) is 4.44. The maximum absolute atomic E-state index is 5.89. The summed E-state index contributed by atoms with van der Waals surface area (Å²) in [4.78, 5) is 9.85. The van der Waals surface area contributed by atoms with Crippen molar-refractivity contribution in [1.82, 2.24) is 9.97 Å². The Kier molecular flexibility index (Phi) is 4.36. The molecule has 6 heteroatoms. The third-order valence-electron chi connectivity index (χ3n) is 2.91. The monoisotopic (exact) mass is 363 g/mol. The SMILES string of the molecule is CCNc1nc(OCc2ccc(Br)cc2)c2ccsc2n1. The summed E-state index contributed by atoms with van der Waals surface area (Å²) in [5, 5.41) is 6.09. The highest BCUT2D eigenvalue weighted by atomic mass is 79.9. The van der Waals surface area contributed by atoms with Crippen molar-refractivity contribution < 1.29 is 4.74 Å². The van der Waals surface area contributed by atoms with E-state index in [0.29, 0.717) is 18.4 Å². The first-order chi connectivity index (χ1) is 10.3. The number of anilines is 1. The van der Waals surface area contributed by atoms with Gasteiger partial charge in [-0.3, -0.25) is 0 Å². The van der Waals surface area contributed by atoms with E-state index in [1.165, 1.54) is 0 Å². The van der Waals surface area contributed by atoms with Crippen LogP contribution in [0.3, 0.4) is 0 Å². The summed E-state index contributed by atoms with van der Waals surface area (Å²) in [6.45, 7) is 3.29. The quantitative estimate of drug-likeness (QED) is 0.726. The fourth-order valence-corrected chi connectivity index (χ4v) is 2.93. The van der Waals surface area contributed by atoms with Gasteiger partial charge in [-0.25, -0.2) is 4.98 Å². The molecule has 4 nitrogen and oxygen atoms in total. The van der Waals surface area contributed by atoms with Crippen LogP contribution in [0.15, 0.2) is 40.2 Å². The second kappa shape index (κ2) is 6.41. The predicted molar refractivity (Wildman–Crippen MR) is 90.1 cm³/mol. The summed E-state index contributed by atoms with van der Waals surface area (Å²) in [7, 11) is 0. The molecule has 0 bridgehead atoms. The molecule has 1 N–H and O–H groups in total. The Balaban J connectivity index is 1.84. The molecule has 108 valence electrons. The molecule has 1 aromatic carbocycles. The summed E-state index contributed by atoms with van der Waals surface area (Å²) in [5.41, 5.74) is 1.10. The molecule has 0 amide bonds. The molecule has 0 atom stereocenters. The maximum atomic E-state index is 5.89. The number of benzene rings is 1. The molecule has 0 aliphatic carbocycles. The standard InChI is InChI=1S/C15H14BrN3OS/c1-2-17-15-18-13(12-7-8-21-14(12)19-15)20-9-10-3-5-11(16)6-4-10/h3-8H,2,9H2,1H3,(H,17,18,19). The zero-order chi connectivity index (χ0) is 14.7. The Morgan fingerprint density at radius 3 is 2.76 bits per heavy atom. The molecule has 0 fully saturated rings. The van der Waals surface area contributed by atoms with Crippen LogP contribution >= 0.6 is 27.3 Å². The highest BCUT2D eigenvalue weighted by Crippen LogP contribution is 2.28. The van der Waals surface area contributed by atoms with E-state index in [0.717, 1.165) is 26.8 Å². The lowest BCUT2D eigenvalue weighted by atomic mass is 10.2. The third kappa shape index (κ3) is 3.33. The number of nitrogens with zero attached hydrogens (tertiary/aromatic N) is 2. The third-order valence-corrected chi connectivity index (χ3v) is 4.25. The molecule has 0 unspecified atom stereocenters.